The van der Waals surface area contributed by atoms with Gasteiger partial charge < -0.3 is 9.47 Å². The van der Waals surface area contributed by atoms with Crippen molar-refractivity contribution in [2.45, 2.75) is 26.4 Å². The summed E-state index contributed by atoms with van der Waals surface area (Å²) in [6.07, 6.45) is 0. The fourth-order valence-electron chi connectivity index (χ4n) is 3.76. The second-order valence-electron chi connectivity index (χ2n) is 7.16. The molecule has 1 aliphatic rings. The van der Waals surface area contributed by atoms with Crippen LogP contribution in [0.25, 0.3) is 21.0 Å². The van der Waals surface area contributed by atoms with E-state index >= 15 is 0 Å². The first kappa shape index (κ1) is 18.3. The average molecular weight is 424 g/mol. The molecule has 5 rings (SSSR count). The van der Waals surface area contributed by atoms with Gasteiger partial charge in [0, 0.05) is 23.7 Å². The van der Waals surface area contributed by atoms with Crippen molar-refractivity contribution in [2.24, 2.45) is 0 Å². The summed E-state index contributed by atoms with van der Waals surface area (Å²) in [7, 11) is 0. The maximum absolute atomic E-state index is 13.0. The normalized spacial score (nSPS) is 16.2. The summed E-state index contributed by atoms with van der Waals surface area (Å²) >= 11 is 7.57. The lowest BCUT2D eigenvalue weighted by Crippen LogP contribution is -2.41. The SMILES string of the molecule is Cc1cccc2sc(-c3nnc4n3CCN(C(=O)c3ccc(Cl)cc3)C4C)nc12. The molecule has 0 bridgehead atoms. The maximum atomic E-state index is 13.0. The zero-order chi connectivity index (χ0) is 20.1. The van der Waals surface area contributed by atoms with E-state index in [0.29, 0.717) is 23.7 Å². The second kappa shape index (κ2) is 6.93. The third-order valence-corrected chi connectivity index (χ3v) is 6.62. The molecule has 1 unspecified atom stereocenters. The minimum Gasteiger partial charge on any atom is -0.327 e. The molecule has 4 aromatic rings. The van der Waals surface area contributed by atoms with E-state index in [9.17, 15) is 4.79 Å². The zero-order valence-electron chi connectivity index (χ0n) is 16.0. The average Bonchev–Trinajstić information content (AvgIpc) is 3.33. The van der Waals surface area contributed by atoms with Crippen LogP contribution in [0.3, 0.4) is 0 Å². The fraction of sp³-hybridized carbons (Fsp3) is 0.238. The predicted molar refractivity (Wildman–Crippen MR) is 114 cm³/mol. The fourth-order valence-corrected chi connectivity index (χ4v) is 4.92. The van der Waals surface area contributed by atoms with Crippen LogP contribution in [0.5, 0.6) is 0 Å². The lowest BCUT2D eigenvalue weighted by atomic mass is 10.1. The third kappa shape index (κ3) is 3.01. The van der Waals surface area contributed by atoms with Gasteiger partial charge in [0.05, 0.1) is 16.3 Å². The number of para-hydroxylation sites is 1. The van der Waals surface area contributed by atoms with E-state index < -0.39 is 0 Å². The van der Waals surface area contributed by atoms with Crippen LogP contribution in [-0.4, -0.2) is 37.1 Å². The van der Waals surface area contributed by atoms with Gasteiger partial charge in [0.1, 0.15) is 0 Å². The molecule has 0 saturated heterocycles. The topological polar surface area (TPSA) is 63.9 Å². The summed E-state index contributed by atoms with van der Waals surface area (Å²) in [6.45, 7) is 5.27. The Morgan fingerprint density at radius 1 is 1.14 bits per heavy atom. The van der Waals surface area contributed by atoms with E-state index in [1.165, 1.54) is 0 Å². The number of hydrogen-bond donors (Lipinski definition) is 0. The molecule has 0 aliphatic carbocycles. The number of carbonyl (C=O) groups excluding carboxylic acids is 1. The number of nitrogens with zero attached hydrogens (tertiary/aromatic N) is 5. The first-order chi connectivity index (χ1) is 14.0. The van der Waals surface area contributed by atoms with E-state index in [1.54, 1.807) is 35.6 Å². The van der Waals surface area contributed by atoms with E-state index in [2.05, 4.69) is 33.8 Å². The van der Waals surface area contributed by atoms with Crippen molar-refractivity contribution in [3.8, 4) is 10.8 Å². The van der Waals surface area contributed by atoms with E-state index in [1.807, 2.05) is 17.9 Å². The third-order valence-electron chi connectivity index (χ3n) is 5.35. The second-order valence-corrected chi connectivity index (χ2v) is 8.62. The van der Waals surface area contributed by atoms with Gasteiger partial charge in [-0.3, -0.25) is 4.79 Å². The van der Waals surface area contributed by atoms with Gasteiger partial charge in [0.2, 0.25) is 0 Å². The smallest absolute Gasteiger partial charge is 0.254 e. The van der Waals surface area contributed by atoms with Crippen LogP contribution in [0, 0.1) is 6.92 Å². The molecule has 0 radical (unpaired) electrons. The molecule has 6 nitrogen and oxygen atoms in total. The van der Waals surface area contributed by atoms with Gasteiger partial charge in [-0.2, -0.15) is 0 Å². The summed E-state index contributed by atoms with van der Waals surface area (Å²) in [4.78, 5) is 19.6. The highest BCUT2D eigenvalue weighted by Crippen LogP contribution is 2.34. The number of fused-ring (bicyclic) bond motifs is 2. The monoisotopic (exact) mass is 423 g/mol. The van der Waals surface area contributed by atoms with Crippen molar-refractivity contribution in [1.82, 2.24) is 24.6 Å². The largest absolute Gasteiger partial charge is 0.327 e. The summed E-state index contributed by atoms with van der Waals surface area (Å²) < 4.78 is 3.23. The number of hydrogen-bond acceptors (Lipinski definition) is 5. The van der Waals surface area contributed by atoms with Gasteiger partial charge in [-0.25, -0.2) is 4.98 Å². The minimum atomic E-state index is -0.177. The van der Waals surface area contributed by atoms with Gasteiger partial charge in [-0.1, -0.05) is 23.7 Å². The standard InChI is InChI=1S/C21H18ClN5OS/c1-12-4-3-5-16-17(12)23-20(29-16)19-25-24-18-13(2)26(10-11-27(18)19)21(28)14-6-8-15(22)9-7-14/h3-9,13H,10-11H2,1-2H3. The molecule has 0 saturated carbocycles. The molecule has 8 heteroatoms. The molecule has 3 heterocycles. The van der Waals surface area contributed by atoms with E-state index in [4.69, 9.17) is 16.6 Å². The van der Waals surface area contributed by atoms with Gasteiger partial charge in [0.15, 0.2) is 16.7 Å². The van der Waals surface area contributed by atoms with Crippen molar-refractivity contribution < 1.29 is 4.79 Å². The quantitative estimate of drug-likeness (QED) is 0.467. The molecule has 29 heavy (non-hydrogen) atoms. The van der Waals surface area contributed by atoms with Crippen molar-refractivity contribution in [3.63, 3.8) is 0 Å². The minimum absolute atomic E-state index is 0.0272. The molecule has 0 N–H and O–H groups in total. The van der Waals surface area contributed by atoms with E-state index in [-0.39, 0.29) is 11.9 Å². The Bertz CT molecular complexity index is 1230. The molecule has 146 valence electrons. The first-order valence-electron chi connectivity index (χ1n) is 9.39. The highest BCUT2D eigenvalue weighted by molar-refractivity contribution is 7.21. The Hall–Kier alpha value is -2.77. The maximum Gasteiger partial charge on any atom is 0.254 e. The molecule has 0 spiro atoms. The van der Waals surface area contributed by atoms with Crippen molar-refractivity contribution in [1.29, 1.82) is 0 Å². The first-order valence-corrected chi connectivity index (χ1v) is 10.6. The summed E-state index contributed by atoms with van der Waals surface area (Å²) in [6, 6.07) is 13.0. The summed E-state index contributed by atoms with van der Waals surface area (Å²) in [5, 5.41) is 10.3. The predicted octanol–water partition coefficient (Wildman–Crippen LogP) is 4.73. The van der Waals surface area contributed by atoms with Gasteiger partial charge in [-0.05, 0) is 49.7 Å². The Morgan fingerprint density at radius 3 is 2.69 bits per heavy atom. The van der Waals surface area contributed by atoms with Crippen LogP contribution in [-0.2, 0) is 6.54 Å². The molecule has 2 aromatic carbocycles. The Morgan fingerprint density at radius 2 is 1.93 bits per heavy atom. The molecular formula is C21H18ClN5OS. The molecule has 1 atom stereocenters. The number of halogens is 1. The lowest BCUT2D eigenvalue weighted by molar-refractivity contribution is 0.0638. The number of aromatic nitrogens is 4. The number of benzene rings is 2. The Labute approximate surface area is 176 Å². The number of thiazole rings is 1. The molecule has 1 amide bonds. The van der Waals surface area contributed by atoms with Crippen LogP contribution >= 0.6 is 22.9 Å². The lowest BCUT2D eigenvalue weighted by Gasteiger charge is -2.33. The molecule has 1 aliphatic heterocycles. The van der Waals surface area contributed by atoms with Crippen molar-refractivity contribution >= 4 is 39.1 Å². The van der Waals surface area contributed by atoms with Gasteiger partial charge >= 0.3 is 0 Å². The number of aryl methyl sites for hydroxylation is 1. The molecule has 2 aromatic heterocycles. The highest BCUT2D eigenvalue weighted by Gasteiger charge is 2.32. The van der Waals surface area contributed by atoms with Gasteiger partial charge in [0.25, 0.3) is 5.91 Å². The van der Waals surface area contributed by atoms with Crippen LogP contribution in [0.4, 0.5) is 0 Å². The Balaban J connectivity index is 1.48. The summed E-state index contributed by atoms with van der Waals surface area (Å²) in [5.41, 5.74) is 2.78. The van der Waals surface area contributed by atoms with Crippen LogP contribution in [0.2, 0.25) is 5.02 Å². The van der Waals surface area contributed by atoms with Crippen LogP contribution < -0.4 is 0 Å². The van der Waals surface area contributed by atoms with Crippen molar-refractivity contribution in [2.75, 3.05) is 6.54 Å². The number of rotatable bonds is 2. The van der Waals surface area contributed by atoms with Crippen molar-refractivity contribution in [3.05, 3.63) is 64.4 Å². The van der Waals surface area contributed by atoms with Gasteiger partial charge in [-0.15, -0.1) is 21.5 Å². The zero-order valence-corrected chi connectivity index (χ0v) is 17.5. The summed E-state index contributed by atoms with van der Waals surface area (Å²) in [5.74, 6) is 1.52. The molecule has 0 fully saturated rings. The Kier molecular flexibility index (Phi) is 4.37. The van der Waals surface area contributed by atoms with E-state index in [0.717, 1.165) is 32.4 Å². The number of amides is 1. The highest BCUT2D eigenvalue weighted by atomic mass is 35.5. The van der Waals surface area contributed by atoms with Crippen LogP contribution in [0.1, 0.15) is 34.7 Å². The molecular weight excluding hydrogens is 406 g/mol. The number of carbonyl (C=O) groups is 1. The van der Waals surface area contributed by atoms with Crippen LogP contribution in [0.15, 0.2) is 42.5 Å².